The lowest BCUT2D eigenvalue weighted by Gasteiger charge is -2.22. The third kappa shape index (κ3) is 3.04. The van der Waals surface area contributed by atoms with E-state index in [0.29, 0.717) is 19.6 Å². The van der Waals surface area contributed by atoms with Crippen molar-refractivity contribution in [3.8, 4) is 0 Å². The Bertz CT molecular complexity index is 405. The van der Waals surface area contributed by atoms with Gasteiger partial charge in [0, 0.05) is 19.6 Å². The summed E-state index contributed by atoms with van der Waals surface area (Å²) in [5.41, 5.74) is 1.01. The molecule has 2 amide bonds. The van der Waals surface area contributed by atoms with Crippen molar-refractivity contribution in [1.29, 1.82) is 0 Å². The van der Waals surface area contributed by atoms with Crippen molar-refractivity contribution in [2.24, 2.45) is 0 Å². The summed E-state index contributed by atoms with van der Waals surface area (Å²) in [6, 6.07) is 8.82. The van der Waals surface area contributed by atoms with Gasteiger partial charge in [-0.15, -0.1) is 0 Å². The highest BCUT2D eigenvalue weighted by molar-refractivity contribution is 6.04. The van der Waals surface area contributed by atoms with Crippen LogP contribution < -0.4 is 16.0 Å². The predicted octanol–water partition coefficient (Wildman–Crippen LogP) is -0.609. The highest BCUT2D eigenvalue weighted by Gasteiger charge is 2.28. The number of carbonyl (C=O) groups is 2. The summed E-state index contributed by atoms with van der Waals surface area (Å²) in [4.78, 5) is 23.2. The third-order valence-electron chi connectivity index (χ3n) is 2.61. The Morgan fingerprint density at radius 1 is 1.29 bits per heavy atom. The number of amides is 2. The predicted molar refractivity (Wildman–Crippen MR) is 63.1 cm³/mol. The summed E-state index contributed by atoms with van der Waals surface area (Å²) in [5, 5.41) is 8.27. The fourth-order valence-corrected chi connectivity index (χ4v) is 1.70. The summed E-state index contributed by atoms with van der Waals surface area (Å²) in [6.45, 7) is 1.63. The molecule has 1 aromatic rings. The van der Waals surface area contributed by atoms with Crippen LogP contribution in [0.1, 0.15) is 5.56 Å². The van der Waals surface area contributed by atoms with Crippen LogP contribution in [0.3, 0.4) is 0 Å². The Balaban J connectivity index is 1.87. The molecule has 0 aromatic heterocycles. The van der Waals surface area contributed by atoms with Gasteiger partial charge in [-0.05, 0) is 5.56 Å². The molecular formula is C12H15N3O2. The molecule has 1 aliphatic heterocycles. The number of nitrogens with one attached hydrogen (secondary N) is 3. The van der Waals surface area contributed by atoms with E-state index in [-0.39, 0.29) is 11.8 Å². The molecule has 5 nitrogen and oxygen atoms in total. The van der Waals surface area contributed by atoms with Crippen molar-refractivity contribution in [3.63, 3.8) is 0 Å². The van der Waals surface area contributed by atoms with Crippen molar-refractivity contribution in [1.82, 2.24) is 16.0 Å². The Morgan fingerprint density at radius 2 is 2.06 bits per heavy atom. The van der Waals surface area contributed by atoms with Gasteiger partial charge in [-0.1, -0.05) is 30.3 Å². The number of benzene rings is 1. The van der Waals surface area contributed by atoms with Gasteiger partial charge in [0.25, 0.3) is 0 Å². The zero-order valence-electron chi connectivity index (χ0n) is 9.40. The maximum atomic E-state index is 11.7. The SMILES string of the molecule is O=C1NCCNC1C(=O)NCc1ccccc1. The largest absolute Gasteiger partial charge is 0.353 e. The van der Waals surface area contributed by atoms with Gasteiger partial charge >= 0.3 is 0 Å². The molecule has 3 N–H and O–H groups in total. The second-order valence-electron chi connectivity index (χ2n) is 3.88. The summed E-state index contributed by atoms with van der Waals surface area (Å²) in [6.07, 6.45) is 0. The lowest BCUT2D eigenvalue weighted by Crippen LogP contribution is -2.59. The van der Waals surface area contributed by atoms with Gasteiger partial charge in [0.05, 0.1) is 0 Å². The van der Waals surface area contributed by atoms with Crippen molar-refractivity contribution < 1.29 is 9.59 Å². The molecule has 5 heteroatoms. The van der Waals surface area contributed by atoms with Crippen LogP contribution in [0.5, 0.6) is 0 Å². The highest BCUT2D eigenvalue weighted by Crippen LogP contribution is 1.98. The van der Waals surface area contributed by atoms with E-state index in [1.54, 1.807) is 0 Å². The molecule has 1 aliphatic rings. The average Bonchev–Trinajstić information content (AvgIpc) is 2.38. The minimum Gasteiger partial charge on any atom is -0.353 e. The third-order valence-corrected chi connectivity index (χ3v) is 2.61. The molecule has 0 spiro atoms. The van der Waals surface area contributed by atoms with Gasteiger partial charge < -0.3 is 10.6 Å². The molecule has 2 rings (SSSR count). The van der Waals surface area contributed by atoms with Crippen LogP contribution in [0.4, 0.5) is 0 Å². The van der Waals surface area contributed by atoms with Crippen LogP contribution in [-0.4, -0.2) is 30.9 Å². The first-order valence-corrected chi connectivity index (χ1v) is 5.60. The van der Waals surface area contributed by atoms with Crippen molar-refractivity contribution >= 4 is 11.8 Å². The van der Waals surface area contributed by atoms with E-state index < -0.39 is 6.04 Å². The molecule has 0 aliphatic carbocycles. The van der Waals surface area contributed by atoms with E-state index >= 15 is 0 Å². The lowest BCUT2D eigenvalue weighted by atomic mass is 10.2. The number of hydrogen-bond acceptors (Lipinski definition) is 3. The molecule has 1 atom stereocenters. The van der Waals surface area contributed by atoms with E-state index in [1.807, 2.05) is 30.3 Å². The summed E-state index contributed by atoms with van der Waals surface area (Å²) in [7, 11) is 0. The molecule has 1 saturated heterocycles. The second-order valence-corrected chi connectivity index (χ2v) is 3.88. The highest BCUT2D eigenvalue weighted by atomic mass is 16.2. The second kappa shape index (κ2) is 5.45. The van der Waals surface area contributed by atoms with E-state index in [1.165, 1.54) is 0 Å². The number of piperazine rings is 1. The zero-order chi connectivity index (χ0) is 12.1. The Kier molecular flexibility index (Phi) is 3.72. The normalized spacial score (nSPS) is 19.5. The quantitative estimate of drug-likeness (QED) is 0.610. The van der Waals surface area contributed by atoms with Gasteiger partial charge in [0.1, 0.15) is 0 Å². The first-order chi connectivity index (χ1) is 8.27. The van der Waals surface area contributed by atoms with Crippen molar-refractivity contribution in [3.05, 3.63) is 35.9 Å². The minimum atomic E-state index is -0.771. The first kappa shape index (κ1) is 11.6. The maximum absolute atomic E-state index is 11.7. The van der Waals surface area contributed by atoms with Gasteiger partial charge in [-0.25, -0.2) is 0 Å². The van der Waals surface area contributed by atoms with Gasteiger partial charge in [0.15, 0.2) is 6.04 Å². The van der Waals surface area contributed by atoms with Crippen LogP contribution in [0.25, 0.3) is 0 Å². The van der Waals surface area contributed by atoms with Crippen LogP contribution >= 0.6 is 0 Å². The summed E-state index contributed by atoms with van der Waals surface area (Å²) < 4.78 is 0. The van der Waals surface area contributed by atoms with E-state index in [9.17, 15) is 9.59 Å². The van der Waals surface area contributed by atoms with Crippen LogP contribution in [-0.2, 0) is 16.1 Å². The van der Waals surface area contributed by atoms with Crippen molar-refractivity contribution in [2.75, 3.05) is 13.1 Å². The average molecular weight is 233 g/mol. The van der Waals surface area contributed by atoms with Gasteiger partial charge in [0.2, 0.25) is 11.8 Å². The van der Waals surface area contributed by atoms with E-state index in [0.717, 1.165) is 5.56 Å². The molecule has 17 heavy (non-hydrogen) atoms. The number of hydrogen-bond donors (Lipinski definition) is 3. The molecule has 90 valence electrons. The molecule has 1 fully saturated rings. The molecule has 1 aromatic carbocycles. The number of rotatable bonds is 3. The van der Waals surface area contributed by atoms with Crippen LogP contribution in [0.2, 0.25) is 0 Å². The topological polar surface area (TPSA) is 70.2 Å². The van der Waals surface area contributed by atoms with Crippen LogP contribution in [0, 0.1) is 0 Å². The first-order valence-electron chi connectivity index (χ1n) is 5.60. The molecule has 0 saturated carbocycles. The van der Waals surface area contributed by atoms with Gasteiger partial charge in [-0.3, -0.25) is 14.9 Å². The summed E-state index contributed by atoms with van der Waals surface area (Å²) >= 11 is 0. The van der Waals surface area contributed by atoms with Crippen LogP contribution in [0.15, 0.2) is 30.3 Å². The monoisotopic (exact) mass is 233 g/mol. The number of carbonyl (C=O) groups excluding carboxylic acids is 2. The standard InChI is InChI=1S/C12H15N3O2/c16-11-10(13-6-7-14-11)12(17)15-8-9-4-2-1-3-5-9/h1-5,10,13H,6-8H2,(H,14,16)(H,15,17). The van der Waals surface area contributed by atoms with E-state index in [4.69, 9.17) is 0 Å². The fraction of sp³-hybridized carbons (Fsp3) is 0.333. The zero-order valence-corrected chi connectivity index (χ0v) is 9.40. The Labute approximate surface area is 99.6 Å². The van der Waals surface area contributed by atoms with E-state index in [2.05, 4.69) is 16.0 Å². The lowest BCUT2D eigenvalue weighted by molar-refractivity contribution is -0.133. The molecule has 0 bridgehead atoms. The fourth-order valence-electron chi connectivity index (χ4n) is 1.70. The minimum absolute atomic E-state index is 0.262. The van der Waals surface area contributed by atoms with Crippen molar-refractivity contribution in [2.45, 2.75) is 12.6 Å². The Hall–Kier alpha value is -1.88. The molecule has 0 radical (unpaired) electrons. The molecular weight excluding hydrogens is 218 g/mol. The smallest absolute Gasteiger partial charge is 0.247 e. The van der Waals surface area contributed by atoms with Gasteiger partial charge in [-0.2, -0.15) is 0 Å². The molecule has 1 unspecified atom stereocenters. The Morgan fingerprint density at radius 3 is 2.76 bits per heavy atom. The maximum Gasteiger partial charge on any atom is 0.247 e. The molecule has 1 heterocycles. The summed E-state index contributed by atoms with van der Waals surface area (Å²) in [5.74, 6) is -0.548.